The van der Waals surface area contributed by atoms with Gasteiger partial charge in [-0.05, 0) is 12.8 Å². The molecule has 0 amide bonds. The molecule has 0 saturated heterocycles. The molecule has 0 aliphatic rings. The van der Waals surface area contributed by atoms with Gasteiger partial charge in [-0.3, -0.25) is 19.4 Å². The van der Waals surface area contributed by atoms with Gasteiger partial charge in [0.05, 0.1) is 0 Å². The number of H-pyrrole nitrogens is 2. The molecule has 7 heteroatoms. The lowest BCUT2D eigenvalue weighted by atomic mass is 10.1. The number of aromatic nitrogens is 2. The van der Waals surface area contributed by atoms with Crippen LogP contribution in [0.3, 0.4) is 0 Å². The van der Waals surface area contributed by atoms with Crippen LogP contribution in [0, 0.1) is 0 Å². The maximum atomic E-state index is 11.3. The van der Waals surface area contributed by atoms with Crippen LogP contribution in [-0.2, 0) is 20.7 Å². The van der Waals surface area contributed by atoms with E-state index in [9.17, 15) is 19.2 Å². The van der Waals surface area contributed by atoms with Gasteiger partial charge in [0, 0.05) is 25.1 Å². The second-order valence-corrected chi connectivity index (χ2v) is 3.77. The van der Waals surface area contributed by atoms with Crippen molar-refractivity contribution in [3.05, 3.63) is 32.6 Å². The minimum Gasteiger partial charge on any atom is -0.458 e. The number of ketones is 1. The minimum absolute atomic E-state index is 0.203. The molecule has 0 bridgehead atoms. The molecule has 1 aromatic rings. The average Bonchev–Trinajstić information content (AvgIpc) is 2.29. The molecule has 0 aliphatic heterocycles. The standard InChI is InChI=1S/C11H14N2O5/c1-7(14)18-6-9(15)4-2-3-8-5-12-11(17)13-10(8)16/h5H,2-4,6H2,1H3,(H2,12,13,16,17). The van der Waals surface area contributed by atoms with Crippen LogP contribution in [0.4, 0.5) is 0 Å². The summed E-state index contributed by atoms with van der Waals surface area (Å²) in [5, 5.41) is 0. The Bertz CT molecular complexity index is 543. The highest BCUT2D eigenvalue weighted by molar-refractivity contribution is 5.81. The van der Waals surface area contributed by atoms with Crippen LogP contribution < -0.4 is 11.2 Å². The van der Waals surface area contributed by atoms with E-state index in [4.69, 9.17) is 0 Å². The summed E-state index contributed by atoms with van der Waals surface area (Å²) < 4.78 is 4.54. The van der Waals surface area contributed by atoms with Crippen molar-refractivity contribution in [1.29, 1.82) is 0 Å². The summed E-state index contributed by atoms with van der Waals surface area (Å²) in [6.45, 7) is 0.991. The molecule has 0 fully saturated rings. The first-order valence-corrected chi connectivity index (χ1v) is 5.45. The maximum Gasteiger partial charge on any atom is 0.325 e. The van der Waals surface area contributed by atoms with Crippen LogP contribution >= 0.6 is 0 Å². The number of Topliss-reactive ketones (excluding diaryl/α,β-unsaturated/α-hetero) is 1. The Morgan fingerprint density at radius 3 is 2.67 bits per heavy atom. The van der Waals surface area contributed by atoms with Gasteiger partial charge in [-0.25, -0.2) is 4.79 Å². The number of aryl methyl sites for hydroxylation is 1. The second-order valence-electron chi connectivity index (χ2n) is 3.77. The van der Waals surface area contributed by atoms with Crippen molar-refractivity contribution in [2.45, 2.75) is 26.2 Å². The zero-order chi connectivity index (χ0) is 13.5. The molecule has 1 heterocycles. The summed E-state index contributed by atoms with van der Waals surface area (Å²) >= 11 is 0. The van der Waals surface area contributed by atoms with Gasteiger partial charge in [-0.1, -0.05) is 0 Å². The Kier molecular flexibility index (Phi) is 5.04. The van der Waals surface area contributed by atoms with E-state index in [2.05, 4.69) is 14.7 Å². The topological polar surface area (TPSA) is 109 Å². The van der Waals surface area contributed by atoms with Gasteiger partial charge >= 0.3 is 11.7 Å². The smallest absolute Gasteiger partial charge is 0.325 e. The van der Waals surface area contributed by atoms with Gasteiger partial charge in [0.25, 0.3) is 5.56 Å². The SMILES string of the molecule is CC(=O)OCC(=O)CCCc1c[nH]c(=O)[nH]c1=O. The van der Waals surface area contributed by atoms with Crippen molar-refractivity contribution in [1.82, 2.24) is 9.97 Å². The van der Waals surface area contributed by atoms with E-state index in [1.165, 1.54) is 13.1 Å². The molecule has 0 saturated carbocycles. The Morgan fingerprint density at radius 2 is 2.06 bits per heavy atom. The average molecular weight is 254 g/mol. The monoisotopic (exact) mass is 254 g/mol. The fourth-order valence-electron chi connectivity index (χ4n) is 1.35. The van der Waals surface area contributed by atoms with E-state index in [0.717, 1.165) is 0 Å². The third-order valence-corrected chi connectivity index (χ3v) is 2.23. The normalized spacial score (nSPS) is 10.1. The van der Waals surface area contributed by atoms with Gasteiger partial charge in [0.2, 0.25) is 0 Å². The number of ether oxygens (including phenoxy) is 1. The predicted octanol–water partition coefficient (Wildman–Crippen LogP) is -0.482. The van der Waals surface area contributed by atoms with Gasteiger partial charge < -0.3 is 9.72 Å². The molecular formula is C11H14N2O5. The molecular weight excluding hydrogens is 240 g/mol. The number of rotatable bonds is 6. The number of aromatic amines is 2. The highest BCUT2D eigenvalue weighted by Crippen LogP contribution is 1.99. The summed E-state index contributed by atoms with van der Waals surface area (Å²) in [6.07, 6.45) is 2.37. The zero-order valence-corrected chi connectivity index (χ0v) is 9.95. The van der Waals surface area contributed by atoms with Crippen LogP contribution in [0.25, 0.3) is 0 Å². The third-order valence-electron chi connectivity index (χ3n) is 2.23. The first kappa shape index (κ1) is 13.9. The summed E-state index contributed by atoms with van der Waals surface area (Å²) in [5.41, 5.74) is -0.601. The Labute approximate surface area is 102 Å². The predicted molar refractivity (Wildman–Crippen MR) is 62.3 cm³/mol. The molecule has 0 aliphatic carbocycles. The highest BCUT2D eigenvalue weighted by Gasteiger charge is 2.06. The lowest BCUT2D eigenvalue weighted by Crippen LogP contribution is -2.24. The Morgan fingerprint density at radius 1 is 1.33 bits per heavy atom. The molecule has 7 nitrogen and oxygen atoms in total. The molecule has 98 valence electrons. The van der Waals surface area contributed by atoms with Crippen molar-refractivity contribution in [3.63, 3.8) is 0 Å². The number of carbonyl (C=O) groups is 2. The summed E-state index contributed by atoms with van der Waals surface area (Å²) in [6, 6.07) is 0. The zero-order valence-electron chi connectivity index (χ0n) is 9.95. The summed E-state index contributed by atoms with van der Waals surface area (Å²) in [4.78, 5) is 48.2. The van der Waals surface area contributed by atoms with E-state index >= 15 is 0 Å². The molecule has 0 unspecified atom stereocenters. The van der Waals surface area contributed by atoms with E-state index in [0.29, 0.717) is 18.4 Å². The highest BCUT2D eigenvalue weighted by atomic mass is 16.5. The van der Waals surface area contributed by atoms with Crippen molar-refractivity contribution in [2.75, 3.05) is 6.61 Å². The fourth-order valence-corrected chi connectivity index (χ4v) is 1.35. The second kappa shape index (κ2) is 6.53. The van der Waals surface area contributed by atoms with Crippen LogP contribution in [0.1, 0.15) is 25.3 Å². The van der Waals surface area contributed by atoms with Crippen molar-refractivity contribution in [2.24, 2.45) is 0 Å². The molecule has 1 aromatic heterocycles. The third kappa shape index (κ3) is 4.77. The van der Waals surface area contributed by atoms with Crippen LogP contribution in [0.5, 0.6) is 0 Å². The lowest BCUT2D eigenvalue weighted by Gasteiger charge is -2.01. The number of carbonyl (C=O) groups excluding carboxylic acids is 2. The quantitative estimate of drug-likeness (QED) is 0.666. The van der Waals surface area contributed by atoms with Crippen LogP contribution in [0.15, 0.2) is 15.8 Å². The minimum atomic E-state index is -0.560. The Balaban J connectivity index is 2.37. The number of hydrogen-bond acceptors (Lipinski definition) is 5. The first-order chi connectivity index (χ1) is 8.49. The number of hydrogen-bond donors (Lipinski definition) is 2. The molecule has 2 N–H and O–H groups in total. The lowest BCUT2D eigenvalue weighted by molar-refractivity contribution is -0.145. The Hall–Kier alpha value is -2.18. The number of esters is 1. The van der Waals surface area contributed by atoms with E-state index in [-0.39, 0.29) is 18.8 Å². The van der Waals surface area contributed by atoms with Crippen molar-refractivity contribution in [3.8, 4) is 0 Å². The maximum absolute atomic E-state index is 11.3. The van der Waals surface area contributed by atoms with Crippen molar-refractivity contribution >= 4 is 11.8 Å². The van der Waals surface area contributed by atoms with Crippen LogP contribution in [0.2, 0.25) is 0 Å². The first-order valence-electron chi connectivity index (χ1n) is 5.45. The molecule has 18 heavy (non-hydrogen) atoms. The molecule has 0 spiro atoms. The van der Waals surface area contributed by atoms with Gasteiger partial charge in [-0.15, -0.1) is 0 Å². The van der Waals surface area contributed by atoms with E-state index in [1.54, 1.807) is 0 Å². The number of nitrogens with one attached hydrogen (secondary N) is 2. The summed E-state index contributed by atoms with van der Waals surface area (Å²) in [5.74, 6) is -0.702. The molecule has 1 rings (SSSR count). The van der Waals surface area contributed by atoms with Gasteiger partial charge in [-0.2, -0.15) is 0 Å². The van der Waals surface area contributed by atoms with Crippen molar-refractivity contribution < 1.29 is 14.3 Å². The van der Waals surface area contributed by atoms with Gasteiger partial charge in [0.15, 0.2) is 5.78 Å². The summed E-state index contributed by atoms with van der Waals surface area (Å²) in [7, 11) is 0. The van der Waals surface area contributed by atoms with Gasteiger partial charge in [0.1, 0.15) is 6.61 Å². The van der Waals surface area contributed by atoms with Crippen LogP contribution in [-0.4, -0.2) is 28.3 Å². The largest absolute Gasteiger partial charge is 0.458 e. The molecule has 0 radical (unpaired) electrons. The fraction of sp³-hybridized carbons (Fsp3) is 0.455. The molecule has 0 atom stereocenters. The molecule has 0 aromatic carbocycles. The van der Waals surface area contributed by atoms with E-state index < -0.39 is 17.2 Å². The van der Waals surface area contributed by atoms with E-state index in [1.807, 2.05) is 0 Å².